The summed E-state index contributed by atoms with van der Waals surface area (Å²) in [7, 11) is 1.72. The molecular weight excluding hydrogens is 140 g/mol. The number of hydrazine groups is 1. The van der Waals surface area contributed by atoms with Crippen LogP contribution in [0, 0.1) is 5.41 Å². The van der Waals surface area contributed by atoms with Gasteiger partial charge in [0.25, 0.3) is 0 Å². The molecule has 0 unspecified atom stereocenters. The largest absolute Gasteiger partial charge is 0.291 e. The van der Waals surface area contributed by atoms with Crippen LogP contribution in [0.2, 0.25) is 0 Å². The Morgan fingerprint density at radius 2 is 2.18 bits per heavy atom. The highest BCUT2D eigenvalue weighted by molar-refractivity contribution is 5.84. The first kappa shape index (κ1) is 8.53. The van der Waals surface area contributed by atoms with Gasteiger partial charge in [-0.05, 0) is 19.3 Å². The highest BCUT2D eigenvalue weighted by Crippen LogP contribution is 2.49. The average Bonchev–Trinajstić information content (AvgIpc) is 2.71. The van der Waals surface area contributed by atoms with Gasteiger partial charge < -0.3 is 0 Å². The summed E-state index contributed by atoms with van der Waals surface area (Å²) < 4.78 is 0. The van der Waals surface area contributed by atoms with Crippen molar-refractivity contribution in [1.82, 2.24) is 10.9 Å². The van der Waals surface area contributed by atoms with E-state index >= 15 is 0 Å². The first-order valence-corrected chi connectivity index (χ1v) is 4.22. The summed E-state index contributed by atoms with van der Waals surface area (Å²) in [5.74, 6) is 0.168. The van der Waals surface area contributed by atoms with Gasteiger partial charge in [0, 0.05) is 7.05 Å². The van der Waals surface area contributed by atoms with Gasteiger partial charge in [0.2, 0.25) is 5.91 Å². The summed E-state index contributed by atoms with van der Waals surface area (Å²) in [6.45, 7) is 2.12. The molecule has 3 nitrogen and oxygen atoms in total. The fraction of sp³-hybridized carbons (Fsp3) is 0.875. The van der Waals surface area contributed by atoms with Crippen LogP contribution in [-0.2, 0) is 4.79 Å². The van der Waals surface area contributed by atoms with Crippen molar-refractivity contribution in [2.75, 3.05) is 7.05 Å². The Balaban J connectivity index is 2.38. The first-order valence-electron chi connectivity index (χ1n) is 4.22. The maximum Gasteiger partial charge on any atom is 0.240 e. The lowest BCUT2D eigenvalue weighted by atomic mass is 10.0. The molecular formula is C8H16N2O. The Labute approximate surface area is 67.5 Å². The fourth-order valence-electron chi connectivity index (χ4n) is 1.47. The Kier molecular flexibility index (Phi) is 2.49. The second kappa shape index (κ2) is 3.22. The summed E-state index contributed by atoms with van der Waals surface area (Å²) in [5.41, 5.74) is 5.31. The highest BCUT2D eigenvalue weighted by Gasteiger charge is 2.48. The standard InChI is InChI=1S/C8H16N2O/c1-3-4-8(5-6-8)7(11)10-9-2/h9H,3-6H2,1-2H3,(H,10,11). The van der Waals surface area contributed by atoms with Gasteiger partial charge in [0.05, 0.1) is 5.41 Å². The molecule has 0 saturated heterocycles. The summed E-state index contributed by atoms with van der Waals surface area (Å²) >= 11 is 0. The van der Waals surface area contributed by atoms with Gasteiger partial charge in [0.15, 0.2) is 0 Å². The molecule has 3 heteroatoms. The maximum atomic E-state index is 11.3. The fourth-order valence-corrected chi connectivity index (χ4v) is 1.47. The Morgan fingerprint density at radius 3 is 2.55 bits per heavy atom. The molecule has 0 aromatic heterocycles. The van der Waals surface area contributed by atoms with Crippen molar-refractivity contribution in [2.24, 2.45) is 5.41 Å². The Morgan fingerprint density at radius 1 is 1.55 bits per heavy atom. The summed E-state index contributed by atoms with van der Waals surface area (Å²) in [4.78, 5) is 11.3. The molecule has 0 bridgehead atoms. The van der Waals surface area contributed by atoms with Crippen molar-refractivity contribution in [3.63, 3.8) is 0 Å². The lowest BCUT2D eigenvalue weighted by Gasteiger charge is -2.12. The van der Waals surface area contributed by atoms with E-state index in [1.165, 1.54) is 0 Å². The average molecular weight is 156 g/mol. The number of rotatable bonds is 4. The van der Waals surface area contributed by atoms with Crippen LogP contribution in [0.5, 0.6) is 0 Å². The second-order valence-corrected chi connectivity index (χ2v) is 3.23. The minimum atomic E-state index is -0.00222. The van der Waals surface area contributed by atoms with Crippen LogP contribution >= 0.6 is 0 Å². The van der Waals surface area contributed by atoms with E-state index in [9.17, 15) is 4.79 Å². The third-order valence-electron chi connectivity index (χ3n) is 2.30. The zero-order valence-corrected chi connectivity index (χ0v) is 7.24. The number of amides is 1. The molecule has 1 aliphatic carbocycles. The monoisotopic (exact) mass is 156 g/mol. The van der Waals surface area contributed by atoms with Gasteiger partial charge in [-0.25, -0.2) is 5.43 Å². The lowest BCUT2D eigenvalue weighted by Crippen LogP contribution is -2.39. The first-order chi connectivity index (χ1) is 5.25. The van der Waals surface area contributed by atoms with Gasteiger partial charge in [-0.3, -0.25) is 10.2 Å². The number of hydrogen-bond donors (Lipinski definition) is 2. The number of carbonyl (C=O) groups is 1. The number of nitrogens with one attached hydrogen (secondary N) is 2. The summed E-state index contributed by atoms with van der Waals surface area (Å²) in [6.07, 6.45) is 4.25. The van der Waals surface area contributed by atoms with E-state index in [1.807, 2.05) is 0 Å². The number of hydrogen-bond acceptors (Lipinski definition) is 2. The zero-order chi connectivity index (χ0) is 8.32. The third kappa shape index (κ3) is 1.71. The van der Waals surface area contributed by atoms with Gasteiger partial charge >= 0.3 is 0 Å². The minimum Gasteiger partial charge on any atom is -0.291 e. The Bertz CT molecular complexity index is 152. The molecule has 1 fully saturated rings. The molecule has 1 saturated carbocycles. The van der Waals surface area contributed by atoms with Crippen molar-refractivity contribution in [2.45, 2.75) is 32.6 Å². The van der Waals surface area contributed by atoms with Crippen LogP contribution in [0.15, 0.2) is 0 Å². The summed E-state index contributed by atoms with van der Waals surface area (Å²) in [5, 5.41) is 0. The van der Waals surface area contributed by atoms with Gasteiger partial charge in [-0.2, -0.15) is 0 Å². The molecule has 0 radical (unpaired) electrons. The van der Waals surface area contributed by atoms with Crippen LogP contribution in [-0.4, -0.2) is 13.0 Å². The van der Waals surface area contributed by atoms with E-state index in [0.717, 1.165) is 25.7 Å². The quantitative estimate of drug-likeness (QED) is 0.592. The highest BCUT2D eigenvalue weighted by atomic mass is 16.2. The molecule has 1 aliphatic rings. The zero-order valence-electron chi connectivity index (χ0n) is 7.24. The van der Waals surface area contributed by atoms with Crippen molar-refractivity contribution in [3.8, 4) is 0 Å². The predicted octanol–water partition coefficient (Wildman–Crippen LogP) is 0.817. The molecule has 0 aromatic carbocycles. The number of carbonyl (C=O) groups excluding carboxylic acids is 1. The van der Waals surface area contributed by atoms with E-state index in [1.54, 1.807) is 7.05 Å². The molecule has 1 amide bonds. The van der Waals surface area contributed by atoms with E-state index in [0.29, 0.717) is 0 Å². The SMILES string of the molecule is CCCC1(C(=O)NNC)CC1. The normalized spacial score (nSPS) is 19.5. The molecule has 0 spiro atoms. The van der Waals surface area contributed by atoms with Gasteiger partial charge in [0.1, 0.15) is 0 Å². The van der Waals surface area contributed by atoms with Crippen molar-refractivity contribution in [1.29, 1.82) is 0 Å². The molecule has 0 heterocycles. The predicted molar refractivity (Wildman–Crippen MR) is 43.8 cm³/mol. The second-order valence-electron chi connectivity index (χ2n) is 3.23. The van der Waals surface area contributed by atoms with E-state index in [4.69, 9.17) is 0 Å². The molecule has 0 atom stereocenters. The topological polar surface area (TPSA) is 41.1 Å². The lowest BCUT2D eigenvalue weighted by molar-refractivity contribution is -0.127. The van der Waals surface area contributed by atoms with E-state index in [-0.39, 0.29) is 11.3 Å². The molecule has 64 valence electrons. The van der Waals surface area contributed by atoms with Crippen LogP contribution in [0.25, 0.3) is 0 Å². The van der Waals surface area contributed by atoms with E-state index < -0.39 is 0 Å². The minimum absolute atomic E-state index is 0.00222. The van der Waals surface area contributed by atoms with Crippen LogP contribution in [0.1, 0.15) is 32.6 Å². The van der Waals surface area contributed by atoms with Crippen LogP contribution in [0.3, 0.4) is 0 Å². The van der Waals surface area contributed by atoms with Crippen molar-refractivity contribution < 1.29 is 4.79 Å². The third-order valence-corrected chi connectivity index (χ3v) is 2.30. The van der Waals surface area contributed by atoms with E-state index in [2.05, 4.69) is 17.8 Å². The smallest absolute Gasteiger partial charge is 0.240 e. The van der Waals surface area contributed by atoms with Crippen molar-refractivity contribution >= 4 is 5.91 Å². The van der Waals surface area contributed by atoms with Crippen molar-refractivity contribution in [3.05, 3.63) is 0 Å². The molecule has 1 rings (SSSR count). The Hall–Kier alpha value is -0.570. The maximum absolute atomic E-state index is 11.3. The van der Waals surface area contributed by atoms with Crippen LogP contribution < -0.4 is 10.9 Å². The molecule has 11 heavy (non-hydrogen) atoms. The summed E-state index contributed by atoms with van der Waals surface area (Å²) in [6, 6.07) is 0. The van der Waals surface area contributed by atoms with Crippen LogP contribution in [0.4, 0.5) is 0 Å². The molecule has 0 aliphatic heterocycles. The molecule has 0 aromatic rings. The van der Waals surface area contributed by atoms with Gasteiger partial charge in [-0.15, -0.1) is 0 Å². The van der Waals surface area contributed by atoms with Gasteiger partial charge in [-0.1, -0.05) is 13.3 Å². The molecule has 2 N–H and O–H groups in total.